The van der Waals surface area contributed by atoms with Crippen LogP contribution in [0.25, 0.3) is 0 Å². The van der Waals surface area contributed by atoms with Crippen LogP contribution in [0.3, 0.4) is 0 Å². The van der Waals surface area contributed by atoms with Crippen LogP contribution in [0, 0.1) is 0 Å². The molecular formula is C19H21F3N2O2S. The van der Waals surface area contributed by atoms with E-state index in [1.54, 1.807) is 0 Å². The Morgan fingerprint density at radius 1 is 1.11 bits per heavy atom. The SMILES string of the molecule is CC(CNS(=O)(=O)c1ccc(C(F)(F)F)cc1)N1CCCc2ccccc21. The highest BCUT2D eigenvalue weighted by Gasteiger charge is 2.30. The smallest absolute Gasteiger partial charge is 0.367 e. The summed E-state index contributed by atoms with van der Waals surface area (Å²) in [4.78, 5) is 1.98. The summed E-state index contributed by atoms with van der Waals surface area (Å²) in [6.45, 7) is 2.93. The maximum Gasteiger partial charge on any atom is 0.416 e. The molecule has 3 rings (SSSR count). The van der Waals surface area contributed by atoms with Gasteiger partial charge in [0.25, 0.3) is 0 Å². The number of nitrogens with one attached hydrogen (secondary N) is 1. The summed E-state index contributed by atoms with van der Waals surface area (Å²) in [6, 6.07) is 11.5. The molecule has 4 nitrogen and oxygen atoms in total. The van der Waals surface area contributed by atoms with Gasteiger partial charge in [0.2, 0.25) is 10.0 Å². The van der Waals surface area contributed by atoms with Crippen LogP contribution in [0.5, 0.6) is 0 Å². The monoisotopic (exact) mass is 398 g/mol. The van der Waals surface area contributed by atoms with E-state index in [9.17, 15) is 21.6 Å². The molecule has 1 aliphatic rings. The van der Waals surface area contributed by atoms with Crippen LogP contribution in [0.1, 0.15) is 24.5 Å². The van der Waals surface area contributed by atoms with Crippen LogP contribution in [0.4, 0.5) is 18.9 Å². The van der Waals surface area contributed by atoms with Gasteiger partial charge >= 0.3 is 6.18 Å². The van der Waals surface area contributed by atoms with Crippen LogP contribution >= 0.6 is 0 Å². The fourth-order valence-electron chi connectivity index (χ4n) is 3.27. The number of nitrogens with zero attached hydrogens (tertiary/aromatic N) is 1. The van der Waals surface area contributed by atoms with Gasteiger partial charge in [-0.2, -0.15) is 13.2 Å². The Kier molecular flexibility index (Phi) is 5.48. The van der Waals surface area contributed by atoms with Crippen molar-refractivity contribution in [1.82, 2.24) is 4.72 Å². The van der Waals surface area contributed by atoms with Gasteiger partial charge < -0.3 is 4.90 Å². The largest absolute Gasteiger partial charge is 0.416 e. The third-order valence-corrected chi connectivity index (χ3v) is 6.18. The molecule has 8 heteroatoms. The van der Waals surface area contributed by atoms with Gasteiger partial charge in [0.05, 0.1) is 10.5 Å². The third-order valence-electron chi connectivity index (χ3n) is 4.74. The van der Waals surface area contributed by atoms with E-state index in [-0.39, 0.29) is 17.5 Å². The van der Waals surface area contributed by atoms with Crippen molar-refractivity contribution in [3.05, 3.63) is 59.7 Å². The second-order valence-corrected chi connectivity index (χ2v) is 8.42. The van der Waals surface area contributed by atoms with E-state index in [0.717, 1.165) is 49.3 Å². The van der Waals surface area contributed by atoms with Gasteiger partial charge in [0.1, 0.15) is 0 Å². The molecule has 146 valence electrons. The Morgan fingerprint density at radius 3 is 2.44 bits per heavy atom. The Balaban J connectivity index is 1.69. The molecule has 0 radical (unpaired) electrons. The lowest BCUT2D eigenvalue weighted by atomic mass is 10.0. The zero-order valence-electron chi connectivity index (χ0n) is 14.8. The molecule has 0 spiro atoms. The van der Waals surface area contributed by atoms with Crippen LogP contribution in [0.15, 0.2) is 53.4 Å². The van der Waals surface area contributed by atoms with Crippen molar-refractivity contribution < 1.29 is 21.6 Å². The molecular weight excluding hydrogens is 377 g/mol. The number of para-hydroxylation sites is 1. The van der Waals surface area contributed by atoms with Crippen molar-refractivity contribution in [2.45, 2.75) is 36.9 Å². The van der Waals surface area contributed by atoms with Crippen LogP contribution in [0.2, 0.25) is 0 Å². The molecule has 0 aliphatic carbocycles. The molecule has 0 amide bonds. The molecule has 0 saturated heterocycles. The molecule has 0 fully saturated rings. The number of aryl methyl sites for hydroxylation is 1. The minimum atomic E-state index is -4.49. The van der Waals surface area contributed by atoms with E-state index >= 15 is 0 Å². The number of benzene rings is 2. The highest BCUT2D eigenvalue weighted by molar-refractivity contribution is 7.89. The zero-order chi connectivity index (χ0) is 19.7. The first kappa shape index (κ1) is 19.7. The molecule has 1 unspecified atom stereocenters. The lowest BCUT2D eigenvalue weighted by Gasteiger charge is -2.36. The summed E-state index contributed by atoms with van der Waals surface area (Å²) < 4.78 is 65.2. The Hall–Kier alpha value is -2.06. The maximum absolute atomic E-state index is 12.6. The van der Waals surface area contributed by atoms with E-state index in [1.807, 2.05) is 25.1 Å². The predicted octanol–water partition coefficient (Wildman–Crippen LogP) is 3.83. The minimum absolute atomic E-state index is 0.0873. The summed E-state index contributed by atoms with van der Waals surface area (Å²) in [5.74, 6) is 0. The summed E-state index contributed by atoms with van der Waals surface area (Å²) >= 11 is 0. The normalized spacial score (nSPS) is 16.1. The average molecular weight is 398 g/mol. The van der Waals surface area contributed by atoms with E-state index in [4.69, 9.17) is 0 Å². The molecule has 27 heavy (non-hydrogen) atoms. The molecule has 0 aromatic heterocycles. The van der Waals surface area contributed by atoms with Gasteiger partial charge in [-0.25, -0.2) is 13.1 Å². The quantitative estimate of drug-likeness (QED) is 0.833. The molecule has 1 aliphatic heterocycles. The Labute approximate surface area is 157 Å². The van der Waals surface area contributed by atoms with Gasteiger partial charge in [-0.05, 0) is 55.7 Å². The number of alkyl halides is 3. The zero-order valence-corrected chi connectivity index (χ0v) is 15.6. The Morgan fingerprint density at radius 2 is 1.78 bits per heavy atom. The van der Waals surface area contributed by atoms with Gasteiger partial charge in [-0.15, -0.1) is 0 Å². The number of sulfonamides is 1. The number of anilines is 1. The second-order valence-electron chi connectivity index (χ2n) is 6.65. The number of hydrogen-bond donors (Lipinski definition) is 1. The van der Waals surface area contributed by atoms with Crippen molar-refractivity contribution in [2.24, 2.45) is 0 Å². The van der Waals surface area contributed by atoms with Crippen molar-refractivity contribution in [2.75, 3.05) is 18.0 Å². The highest BCUT2D eigenvalue weighted by Crippen LogP contribution is 2.30. The molecule has 2 aromatic carbocycles. The molecule has 0 saturated carbocycles. The lowest BCUT2D eigenvalue weighted by Crippen LogP contribution is -2.44. The van der Waals surface area contributed by atoms with Crippen LogP contribution in [-0.4, -0.2) is 27.5 Å². The topological polar surface area (TPSA) is 49.4 Å². The van der Waals surface area contributed by atoms with Crippen molar-refractivity contribution >= 4 is 15.7 Å². The number of halogens is 3. The van der Waals surface area contributed by atoms with E-state index in [1.165, 1.54) is 5.56 Å². The van der Waals surface area contributed by atoms with E-state index in [2.05, 4.69) is 15.7 Å². The molecule has 1 N–H and O–H groups in total. The fourth-order valence-corrected chi connectivity index (χ4v) is 4.39. The number of fused-ring (bicyclic) bond motifs is 1. The summed E-state index contributed by atoms with van der Waals surface area (Å²) in [5, 5.41) is 0. The Bertz CT molecular complexity index is 896. The van der Waals surface area contributed by atoms with Gasteiger partial charge in [-0.3, -0.25) is 0 Å². The summed E-state index contributed by atoms with van der Waals surface area (Å²) in [5.41, 5.74) is 1.46. The first-order valence-electron chi connectivity index (χ1n) is 8.70. The first-order chi connectivity index (χ1) is 12.7. The standard InChI is InChI=1S/C19H21F3N2O2S/c1-14(24-12-4-6-15-5-2-3-7-18(15)24)13-23-27(25,26)17-10-8-16(9-11-17)19(20,21)22/h2-3,5,7-11,14,23H,4,6,12-13H2,1H3. The molecule has 1 atom stereocenters. The average Bonchev–Trinajstić information content (AvgIpc) is 2.65. The number of rotatable bonds is 5. The fraction of sp³-hybridized carbons (Fsp3) is 0.368. The lowest BCUT2D eigenvalue weighted by molar-refractivity contribution is -0.137. The molecule has 0 bridgehead atoms. The second kappa shape index (κ2) is 7.52. The number of hydrogen-bond acceptors (Lipinski definition) is 3. The molecule has 1 heterocycles. The maximum atomic E-state index is 12.6. The van der Waals surface area contributed by atoms with E-state index in [0.29, 0.717) is 0 Å². The summed E-state index contributed by atoms with van der Waals surface area (Å²) in [7, 11) is -3.88. The highest BCUT2D eigenvalue weighted by atomic mass is 32.2. The van der Waals surface area contributed by atoms with Crippen LogP contribution in [-0.2, 0) is 22.6 Å². The van der Waals surface area contributed by atoms with Crippen molar-refractivity contribution in [3.8, 4) is 0 Å². The van der Waals surface area contributed by atoms with Gasteiger partial charge in [-0.1, -0.05) is 18.2 Å². The minimum Gasteiger partial charge on any atom is -0.367 e. The third kappa shape index (κ3) is 4.44. The van der Waals surface area contributed by atoms with Gasteiger partial charge in [0, 0.05) is 24.8 Å². The van der Waals surface area contributed by atoms with Crippen LogP contribution < -0.4 is 9.62 Å². The summed E-state index contributed by atoms with van der Waals surface area (Å²) in [6.07, 6.45) is -2.50. The van der Waals surface area contributed by atoms with Gasteiger partial charge in [0.15, 0.2) is 0 Å². The van der Waals surface area contributed by atoms with E-state index < -0.39 is 21.8 Å². The van der Waals surface area contributed by atoms with Crippen molar-refractivity contribution in [1.29, 1.82) is 0 Å². The van der Waals surface area contributed by atoms with Crippen molar-refractivity contribution in [3.63, 3.8) is 0 Å². The molecule has 2 aromatic rings. The predicted molar refractivity (Wildman–Crippen MR) is 98.2 cm³/mol. The first-order valence-corrected chi connectivity index (χ1v) is 10.2.